The predicted octanol–water partition coefficient (Wildman–Crippen LogP) is 5.13. The van der Waals surface area contributed by atoms with Crippen molar-refractivity contribution in [2.24, 2.45) is 5.73 Å². The summed E-state index contributed by atoms with van der Waals surface area (Å²) >= 11 is 0. The summed E-state index contributed by atoms with van der Waals surface area (Å²) in [6, 6.07) is 0. The van der Waals surface area contributed by atoms with Gasteiger partial charge in [-0.2, -0.15) is 0 Å². The number of unbranched alkanes of at least 4 members (excludes halogenated alkanes) is 10. The Labute approximate surface area is 155 Å². The number of carbonyl (C=O) groups is 1. The third-order valence-corrected chi connectivity index (χ3v) is 5.00. The predicted molar refractivity (Wildman–Crippen MR) is 104 cm³/mol. The Kier molecular flexibility index (Phi) is 14.0. The van der Waals surface area contributed by atoms with E-state index in [4.69, 9.17) is 15.2 Å². The molecule has 148 valence electrons. The van der Waals surface area contributed by atoms with Crippen LogP contribution in [-0.2, 0) is 14.3 Å². The van der Waals surface area contributed by atoms with Crippen molar-refractivity contribution in [2.75, 3.05) is 13.2 Å². The molecule has 1 aliphatic heterocycles. The van der Waals surface area contributed by atoms with Crippen LogP contribution in [0.2, 0.25) is 0 Å². The van der Waals surface area contributed by atoms with Crippen molar-refractivity contribution >= 4 is 5.91 Å². The molecule has 4 heteroatoms. The van der Waals surface area contributed by atoms with E-state index >= 15 is 0 Å². The molecule has 0 aromatic rings. The van der Waals surface area contributed by atoms with E-state index in [1.54, 1.807) is 0 Å². The van der Waals surface area contributed by atoms with Crippen molar-refractivity contribution in [2.45, 2.75) is 115 Å². The molecule has 0 bridgehead atoms. The maximum absolute atomic E-state index is 10.7. The van der Waals surface area contributed by atoms with E-state index in [0.29, 0.717) is 18.6 Å². The largest absolute Gasteiger partial charge is 0.375 e. The van der Waals surface area contributed by atoms with Gasteiger partial charge in [0.2, 0.25) is 5.91 Å². The first-order chi connectivity index (χ1) is 12.2. The number of ether oxygens (including phenoxy) is 2. The average molecular weight is 356 g/mol. The van der Waals surface area contributed by atoms with Gasteiger partial charge in [0.05, 0.1) is 19.3 Å². The maximum Gasteiger partial charge on any atom is 0.217 e. The van der Waals surface area contributed by atoms with Gasteiger partial charge in [0.15, 0.2) is 0 Å². The van der Waals surface area contributed by atoms with Gasteiger partial charge in [-0.3, -0.25) is 4.79 Å². The number of rotatable bonds is 19. The van der Waals surface area contributed by atoms with Gasteiger partial charge in [-0.25, -0.2) is 0 Å². The summed E-state index contributed by atoms with van der Waals surface area (Å²) in [6.07, 6.45) is 18.9. The van der Waals surface area contributed by atoms with Gasteiger partial charge in [-0.1, -0.05) is 77.6 Å². The second-order valence-corrected chi connectivity index (χ2v) is 7.59. The molecular formula is C21H41NO3. The van der Waals surface area contributed by atoms with Crippen molar-refractivity contribution in [1.29, 1.82) is 0 Å². The highest BCUT2D eigenvalue weighted by atomic mass is 16.6. The van der Waals surface area contributed by atoms with E-state index in [9.17, 15) is 4.79 Å². The van der Waals surface area contributed by atoms with Crippen molar-refractivity contribution in [3.05, 3.63) is 0 Å². The molecule has 1 aliphatic rings. The van der Waals surface area contributed by atoms with Gasteiger partial charge in [-0.15, -0.1) is 0 Å². The summed E-state index contributed by atoms with van der Waals surface area (Å²) in [5.74, 6) is -0.167. The summed E-state index contributed by atoms with van der Waals surface area (Å²) in [4.78, 5) is 10.7. The minimum absolute atomic E-state index is 0.167. The number of primary amides is 1. The van der Waals surface area contributed by atoms with E-state index < -0.39 is 0 Å². The molecule has 1 heterocycles. The number of epoxide rings is 1. The molecule has 1 saturated heterocycles. The number of amides is 1. The minimum atomic E-state index is -0.167. The molecule has 4 nitrogen and oxygen atoms in total. The molecule has 2 atom stereocenters. The Hall–Kier alpha value is -0.610. The summed E-state index contributed by atoms with van der Waals surface area (Å²) in [5.41, 5.74) is 5.14. The van der Waals surface area contributed by atoms with Gasteiger partial charge in [0.25, 0.3) is 0 Å². The van der Waals surface area contributed by atoms with E-state index in [2.05, 4.69) is 6.92 Å². The first kappa shape index (κ1) is 22.4. The fourth-order valence-electron chi connectivity index (χ4n) is 3.25. The number of nitrogens with two attached hydrogens (primary N) is 1. The van der Waals surface area contributed by atoms with Crippen LogP contribution < -0.4 is 5.73 Å². The first-order valence-electron chi connectivity index (χ1n) is 10.7. The number of hydrogen-bond acceptors (Lipinski definition) is 3. The molecule has 0 saturated carbocycles. The lowest BCUT2D eigenvalue weighted by atomic mass is 10.0. The fraction of sp³-hybridized carbons (Fsp3) is 0.952. The normalized spacial score (nSPS) is 17.6. The van der Waals surface area contributed by atoms with Crippen molar-refractivity contribution in [1.82, 2.24) is 0 Å². The van der Waals surface area contributed by atoms with Crippen LogP contribution in [0, 0.1) is 0 Å². The molecule has 2 N–H and O–H groups in total. The summed E-state index contributed by atoms with van der Waals surface area (Å²) in [6.45, 7) is 3.95. The minimum Gasteiger partial charge on any atom is -0.375 e. The van der Waals surface area contributed by atoms with Crippen LogP contribution in [0.15, 0.2) is 0 Å². The van der Waals surface area contributed by atoms with Crippen LogP contribution in [0.25, 0.3) is 0 Å². The maximum atomic E-state index is 10.7. The molecule has 0 aliphatic carbocycles. The average Bonchev–Trinajstić information content (AvgIpc) is 3.41. The molecular weight excluding hydrogens is 314 g/mol. The monoisotopic (exact) mass is 355 g/mol. The van der Waals surface area contributed by atoms with Crippen molar-refractivity contribution < 1.29 is 14.3 Å². The highest BCUT2D eigenvalue weighted by Crippen LogP contribution is 2.19. The highest BCUT2D eigenvalue weighted by Gasteiger charge is 2.24. The topological polar surface area (TPSA) is 64.9 Å². The van der Waals surface area contributed by atoms with Crippen LogP contribution in [0.4, 0.5) is 0 Å². The van der Waals surface area contributed by atoms with Crippen molar-refractivity contribution in [3.8, 4) is 0 Å². The molecule has 25 heavy (non-hydrogen) atoms. The summed E-state index contributed by atoms with van der Waals surface area (Å²) in [5, 5.41) is 0. The van der Waals surface area contributed by atoms with Crippen LogP contribution in [-0.4, -0.2) is 31.3 Å². The second kappa shape index (κ2) is 15.6. The van der Waals surface area contributed by atoms with Gasteiger partial charge < -0.3 is 15.2 Å². The lowest BCUT2D eigenvalue weighted by molar-refractivity contribution is -0.118. The standard InChI is InChI=1S/C21H41NO3/c1-2-3-4-11-14-19(24-17-20-18-25-20)15-12-9-7-5-6-8-10-13-16-21(22)23/h19-20H,2-18H2,1H3,(H2,22,23). The quantitative estimate of drug-likeness (QED) is 0.258. The van der Waals surface area contributed by atoms with Crippen molar-refractivity contribution in [3.63, 3.8) is 0 Å². The Balaban J connectivity index is 1.93. The Bertz CT molecular complexity index is 318. The fourth-order valence-corrected chi connectivity index (χ4v) is 3.25. The van der Waals surface area contributed by atoms with Crippen LogP contribution in [0.5, 0.6) is 0 Å². The van der Waals surface area contributed by atoms with Crippen LogP contribution in [0.1, 0.15) is 103 Å². The Morgan fingerprint density at radius 1 is 0.960 bits per heavy atom. The molecule has 1 rings (SSSR count). The number of hydrogen-bond donors (Lipinski definition) is 1. The van der Waals surface area contributed by atoms with Crippen LogP contribution >= 0.6 is 0 Å². The van der Waals surface area contributed by atoms with E-state index in [-0.39, 0.29) is 5.91 Å². The van der Waals surface area contributed by atoms with Gasteiger partial charge >= 0.3 is 0 Å². The zero-order valence-electron chi connectivity index (χ0n) is 16.5. The molecule has 0 radical (unpaired) electrons. The SMILES string of the molecule is CCCCCCC(CCCCCCCCCCC(N)=O)OCC1CO1. The second-order valence-electron chi connectivity index (χ2n) is 7.59. The summed E-state index contributed by atoms with van der Waals surface area (Å²) in [7, 11) is 0. The Morgan fingerprint density at radius 2 is 1.48 bits per heavy atom. The van der Waals surface area contributed by atoms with E-state index in [1.807, 2.05) is 0 Å². The molecule has 0 aromatic carbocycles. The Morgan fingerprint density at radius 3 is 2.00 bits per heavy atom. The smallest absolute Gasteiger partial charge is 0.217 e. The zero-order valence-corrected chi connectivity index (χ0v) is 16.5. The number of carbonyl (C=O) groups excluding carboxylic acids is 1. The molecule has 1 amide bonds. The molecule has 0 spiro atoms. The first-order valence-corrected chi connectivity index (χ1v) is 10.7. The lowest BCUT2D eigenvalue weighted by Crippen LogP contribution is -2.16. The lowest BCUT2D eigenvalue weighted by Gasteiger charge is -2.17. The van der Waals surface area contributed by atoms with Gasteiger partial charge in [0, 0.05) is 6.42 Å². The highest BCUT2D eigenvalue weighted by molar-refractivity contribution is 5.73. The third-order valence-electron chi connectivity index (χ3n) is 5.00. The van der Waals surface area contributed by atoms with Gasteiger partial charge in [-0.05, 0) is 19.3 Å². The molecule has 1 fully saturated rings. The summed E-state index contributed by atoms with van der Waals surface area (Å²) < 4.78 is 11.3. The molecule has 0 aromatic heterocycles. The van der Waals surface area contributed by atoms with Gasteiger partial charge in [0.1, 0.15) is 6.10 Å². The van der Waals surface area contributed by atoms with Crippen LogP contribution in [0.3, 0.4) is 0 Å². The zero-order chi connectivity index (χ0) is 18.2. The molecule has 2 unspecified atom stereocenters. The van der Waals surface area contributed by atoms with E-state index in [0.717, 1.165) is 26.1 Å². The third kappa shape index (κ3) is 15.4. The van der Waals surface area contributed by atoms with E-state index in [1.165, 1.54) is 77.0 Å².